The number of carbonyl (C=O) groups is 2. The summed E-state index contributed by atoms with van der Waals surface area (Å²) in [4.78, 5) is 32.6. The van der Waals surface area contributed by atoms with Gasteiger partial charge in [0.05, 0.1) is 17.0 Å². The van der Waals surface area contributed by atoms with Gasteiger partial charge >= 0.3 is 0 Å². The molecule has 1 N–H and O–H groups in total. The summed E-state index contributed by atoms with van der Waals surface area (Å²) in [5, 5.41) is 6.71. The Kier molecular flexibility index (Phi) is 6.44. The van der Waals surface area contributed by atoms with E-state index in [2.05, 4.69) is 15.5 Å². The highest BCUT2D eigenvalue weighted by atomic mass is 16.5. The lowest BCUT2D eigenvalue weighted by atomic mass is 9.75. The van der Waals surface area contributed by atoms with Crippen molar-refractivity contribution < 1.29 is 18.8 Å². The van der Waals surface area contributed by atoms with E-state index in [0.29, 0.717) is 48.8 Å². The van der Waals surface area contributed by atoms with Gasteiger partial charge in [-0.15, -0.1) is 0 Å². The molecule has 1 fully saturated rings. The number of ether oxygens (including phenoxy) is 1. The van der Waals surface area contributed by atoms with Crippen LogP contribution in [0.15, 0.2) is 53.2 Å². The number of likely N-dealkylation sites (tertiary alicyclic amines) is 1. The van der Waals surface area contributed by atoms with Crippen molar-refractivity contribution in [3.63, 3.8) is 0 Å². The van der Waals surface area contributed by atoms with Crippen LogP contribution < -0.4 is 10.1 Å². The lowest BCUT2D eigenvalue weighted by molar-refractivity contribution is -0.128. The largest absolute Gasteiger partial charge is 0.489 e. The van der Waals surface area contributed by atoms with Gasteiger partial charge in [0.15, 0.2) is 0 Å². The normalized spacial score (nSPS) is 18.1. The van der Waals surface area contributed by atoms with Crippen LogP contribution in [0.4, 0.5) is 0 Å². The Balaban J connectivity index is 1.54. The number of rotatable bonds is 6. The van der Waals surface area contributed by atoms with Crippen molar-refractivity contribution in [3.05, 3.63) is 76.9 Å². The molecule has 172 valence electrons. The van der Waals surface area contributed by atoms with E-state index in [1.165, 1.54) is 0 Å². The van der Waals surface area contributed by atoms with E-state index in [9.17, 15) is 9.59 Å². The molecule has 2 aromatic heterocycles. The van der Waals surface area contributed by atoms with Crippen molar-refractivity contribution in [1.29, 1.82) is 0 Å². The van der Waals surface area contributed by atoms with Crippen molar-refractivity contribution >= 4 is 11.8 Å². The summed E-state index contributed by atoms with van der Waals surface area (Å²) < 4.78 is 11.1. The maximum absolute atomic E-state index is 13.4. The molecule has 0 radical (unpaired) electrons. The summed E-state index contributed by atoms with van der Waals surface area (Å²) in [5.41, 5.74) is 2.00. The number of amides is 2. The van der Waals surface area contributed by atoms with Gasteiger partial charge in [0, 0.05) is 31.9 Å². The van der Waals surface area contributed by atoms with E-state index in [-0.39, 0.29) is 18.4 Å². The maximum Gasteiger partial charge on any atom is 0.254 e. The average Bonchev–Trinajstić information content (AvgIpc) is 3.19. The molecule has 0 spiro atoms. The lowest BCUT2D eigenvalue weighted by Gasteiger charge is -2.41. The summed E-state index contributed by atoms with van der Waals surface area (Å²) in [6.07, 6.45) is 3.02. The number of carbonyl (C=O) groups excluding carboxylic acids is 2. The Morgan fingerprint density at radius 2 is 2.06 bits per heavy atom. The number of likely N-dealkylation sites (N-methyl/N-ethyl adjacent to an activating group) is 1. The first-order valence-electron chi connectivity index (χ1n) is 11.0. The number of hydrogen-bond donors (Lipinski definition) is 1. The Bertz CT molecular complexity index is 1120. The second-order valence-corrected chi connectivity index (χ2v) is 8.33. The second-order valence-electron chi connectivity index (χ2n) is 8.33. The minimum atomic E-state index is -0.874. The quantitative estimate of drug-likeness (QED) is 0.622. The SMILES string of the molecule is CNC(=O)[C@@]1(c2ccccn2)CCCN(C(=O)c2cccc(OCc3c(C)noc3C)c2)C1. The summed E-state index contributed by atoms with van der Waals surface area (Å²) in [6, 6.07) is 12.7. The zero-order valence-corrected chi connectivity index (χ0v) is 19.1. The number of benzene rings is 1. The van der Waals surface area contributed by atoms with Gasteiger partial charge in [0.1, 0.15) is 23.5 Å². The fourth-order valence-electron chi connectivity index (χ4n) is 4.39. The van der Waals surface area contributed by atoms with Crippen molar-refractivity contribution in [2.75, 3.05) is 20.1 Å². The molecule has 2 amide bonds. The molecule has 1 aliphatic heterocycles. The molecule has 4 rings (SSSR count). The summed E-state index contributed by atoms with van der Waals surface area (Å²) in [7, 11) is 1.62. The fraction of sp³-hybridized carbons (Fsp3) is 0.360. The molecule has 0 unspecified atom stereocenters. The molecule has 3 aromatic rings. The van der Waals surface area contributed by atoms with Gasteiger partial charge in [-0.3, -0.25) is 14.6 Å². The average molecular weight is 449 g/mol. The van der Waals surface area contributed by atoms with Crippen LogP contribution in [0, 0.1) is 13.8 Å². The van der Waals surface area contributed by atoms with E-state index in [4.69, 9.17) is 9.26 Å². The molecule has 0 saturated carbocycles. The highest BCUT2D eigenvalue weighted by Gasteiger charge is 2.45. The molecule has 1 saturated heterocycles. The lowest BCUT2D eigenvalue weighted by Crippen LogP contribution is -2.56. The second kappa shape index (κ2) is 9.44. The molecule has 1 atom stereocenters. The highest BCUT2D eigenvalue weighted by molar-refractivity contribution is 5.96. The van der Waals surface area contributed by atoms with E-state index in [0.717, 1.165) is 11.3 Å². The molecule has 33 heavy (non-hydrogen) atoms. The molecule has 8 heteroatoms. The minimum Gasteiger partial charge on any atom is -0.489 e. The van der Waals surface area contributed by atoms with Gasteiger partial charge in [-0.1, -0.05) is 17.3 Å². The van der Waals surface area contributed by atoms with E-state index in [1.807, 2.05) is 38.1 Å². The Labute approximate surface area is 192 Å². The monoisotopic (exact) mass is 448 g/mol. The van der Waals surface area contributed by atoms with Crippen molar-refractivity contribution in [1.82, 2.24) is 20.4 Å². The topological polar surface area (TPSA) is 97.6 Å². The van der Waals surface area contributed by atoms with Gasteiger partial charge in [0.25, 0.3) is 5.91 Å². The number of aromatic nitrogens is 2. The van der Waals surface area contributed by atoms with Crippen LogP contribution in [0.5, 0.6) is 5.75 Å². The molecule has 1 aliphatic rings. The zero-order chi connectivity index (χ0) is 23.4. The predicted octanol–water partition coefficient (Wildman–Crippen LogP) is 3.19. The third kappa shape index (κ3) is 4.46. The van der Waals surface area contributed by atoms with Crippen LogP contribution >= 0.6 is 0 Å². The molecule has 3 heterocycles. The van der Waals surface area contributed by atoms with Crippen LogP contribution in [0.3, 0.4) is 0 Å². The maximum atomic E-state index is 13.4. The molecule has 0 bridgehead atoms. The molecule has 0 aliphatic carbocycles. The van der Waals surface area contributed by atoms with Crippen LogP contribution in [0.25, 0.3) is 0 Å². The number of hydrogen-bond acceptors (Lipinski definition) is 6. The van der Waals surface area contributed by atoms with Crippen molar-refractivity contribution in [2.24, 2.45) is 0 Å². The molecular formula is C25H28N4O4. The van der Waals surface area contributed by atoms with E-state index >= 15 is 0 Å². The highest BCUT2D eigenvalue weighted by Crippen LogP contribution is 2.34. The number of aryl methyl sites for hydroxylation is 2. The van der Waals surface area contributed by atoms with Crippen LogP contribution in [-0.2, 0) is 16.8 Å². The standard InChI is InChI=1S/C25H28N4O4/c1-17-21(18(2)33-28-17)15-32-20-9-6-8-19(14-20)23(30)29-13-7-11-25(16-29,24(31)26-3)22-10-4-5-12-27-22/h4-6,8-10,12,14H,7,11,13,15-16H2,1-3H3,(H,26,31)/t25-/m0/s1. The summed E-state index contributed by atoms with van der Waals surface area (Å²) in [6.45, 7) is 4.87. The van der Waals surface area contributed by atoms with Gasteiger partial charge in [-0.2, -0.15) is 0 Å². The van der Waals surface area contributed by atoms with E-state index < -0.39 is 5.41 Å². The van der Waals surface area contributed by atoms with Gasteiger partial charge in [-0.25, -0.2) is 0 Å². The Hall–Kier alpha value is -3.68. The van der Waals surface area contributed by atoms with Crippen molar-refractivity contribution in [2.45, 2.75) is 38.7 Å². The first kappa shape index (κ1) is 22.5. The Morgan fingerprint density at radius 3 is 2.76 bits per heavy atom. The number of piperidine rings is 1. The third-order valence-corrected chi connectivity index (χ3v) is 6.24. The Morgan fingerprint density at radius 1 is 1.21 bits per heavy atom. The first-order chi connectivity index (χ1) is 15.9. The predicted molar refractivity (Wildman–Crippen MR) is 122 cm³/mol. The first-order valence-corrected chi connectivity index (χ1v) is 11.0. The number of pyridine rings is 1. The van der Waals surface area contributed by atoms with Gasteiger partial charge in [0.2, 0.25) is 5.91 Å². The van der Waals surface area contributed by atoms with Gasteiger partial charge < -0.3 is 19.5 Å². The van der Waals surface area contributed by atoms with Gasteiger partial charge in [-0.05, 0) is 57.0 Å². The number of nitrogens with zero attached hydrogens (tertiary/aromatic N) is 3. The van der Waals surface area contributed by atoms with Crippen molar-refractivity contribution in [3.8, 4) is 5.75 Å². The minimum absolute atomic E-state index is 0.129. The number of nitrogens with one attached hydrogen (secondary N) is 1. The summed E-state index contributed by atoms with van der Waals surface area (Å²) >= 11 is 0. The van der Waals surface area contributed by atoms with Crippen LogP contribution in [0.2, 0.25) is 0 Å². The van der Waals surface area contributed by atoms with Crippen LogP contribution in [-0.4, -0.2) is 47.0 Å². The zero-order valence-electron chi connectivity index (χ0n) is 19.1. The van der Waals surface area contributed by atoms with Crippen LogP contribution in [0.1, 0.15) is 45.9 Å². The molecule has 8 nitrogen and oxygen atoms in total. The fourth-order valence-corrected chi connectivity index (χ4v) is 4.39. The molecular weight excluding hydrogens is 420 g/mol. The third-order valence-electron chi connectivity index (χ3n) is 6.24. The van der Waals surface area contributed by atoms with E-state index in [1.54, 1.807) is 36.3 Å². The molecule has 1 aromatic carbocycles. The smallest absolute Gasteiger partial charge is 0.254 e. The summed E-state index contributed by atoms with van der Waals surface area (Å²) in [5.74, 6) is 1.03.